The highest BCUT2D eigenvalue weighted by atomic mass is 16.5. The SMILES string of the molecule is O=C(NO)c1ccc2c(c1)OC[C@@H](c1ccc3ccccc3c1)N(C(=O)C1CCOCC1)C2. The lowest BCUT2D eigenvalue weighted by molar-refractivity contribution is -0.142. The summed E-state index contributed by atoms with van der Waals surface area (Å²) in [4.78, 5) is 27.5. The number of amides is 2. The van der Waals surface area contributed by atoms with E-state index < -0.39 is 5.91 Å². The van der Waals surface area contributed by atoms with Crippen LogP contribution in [-0.4, -0.2) is 41.7 Å². The number of benzene rings is 3. The van der Waals surface area contributed by atoms with Gasteiger partial charge in [-0.25, -0.2) is 5.48 Å². The molecule has 0 spiro atoms. The molecule has 7 nitrogen and oxygen atoms in total. The highest BCUT2D eigenvalue weighted by molar-refractivity contribution is 5.94. The molecule has 5 rings (SSSR count). The molecular weight excluding hydrogens is 420 g/mol. The molecule has 1 saturated heterocycles. The fourth-order valence-electron chi connectivity index (χ4n) is 4.68. The Labute approximate surface area is 191 Å². The lowest BCUT2D eigenvalue weighted by Crippen LogP contribution is -2.41. The van der Waals surface area contributed by atoms with Gasteiger partial charge in [0.15, 0.2) is 0 Å². The predicted molar refractivity (Wildman–Crippen MR) is 122 cm³/mol. The van der Waals surface area contributed by atoms with Crippen molar-refractivity contribution >= 4 is 22.6 Å². The second kappa shape index (κ2) is 9.21. The molecule has 0 unspecified atom stereocenters. The summed E-state index contributed by atoms with van der Waals surface area (Å²) in [5, 5.41) is 11.2. The first-order valence-electron chi connectivity index (χ1n) is 11.2. The normalized spacial score (nSPS) is 18.8. The lowest BCUT2D eigenvalue weighted by Gasteiger charge is -2.34. The fraction of sp³-hybridized carbons (Fsp3) is 0.308. The molecular formula is C26H26N2O5. The van der Waals surface area contributed by atoms with E-state index in [-0.39, 0.29) is 24.5 Å². The predicted octanol–water partition coefficient (Wildman–Crippen LogP) is 3.85. The first kappa shape index (κ1) is 21.4. The number of carbonyl (C=O) groups is 2. The summed E-state index contributed by atoms with van der Waals surface area (Å²) in [6.07, 6.45) is 1.42. The quantitative estimate of drug-likeness (QED) is 0.471. The van der Waals surface area contributed by atoms with Gasteiger partial charge in [0.25, 0.3) is 5.91 Å². The Kier molecular flexibility index (Phi) is 5.98. The van der Waals surface area contributed by atoms with Gasteiger partial charge in [-0.3, -0.25) is 14.8 Å². The summed E-state index contributed by atoms with van der Waals surface area (Å²) in [5.74, 6) is -0.0381. The van der Waals surface area contributed by atoms with E-state index in [0.717, 1.165) is 21.9 Å². The van der Waals surface area contributed by atoms with Crippen LogP contribution < -0.4 is 10.2 Å². The van der Waals surface area contributed by atoms with E-state index in [1.807, 2.05) is 17.0 Å². The number of fused-ring (bicyclic) bond motifs is 2. The van der Waals surface area contributed by atoms with Crippen LogP contribution in [0.3, 0.4) is 0 Å². The van der Waals surface area contributed by atoms with E-state index in [1.165, 1.54) is 0 Å². The van der Waals surface area contributed by atoms with Crippen LogP contribution in [0.15, 0.2) is 60.7 Å². The summed E-state index contributed by atoms with van der Waals surface area (Å²) in [5.41, 5.74) is 3.79. The summed E-state index contributed by atoms with van der Waals surface area (Å²) >= 11 is 0. The van der Waals surface area contributed by atoms with Gasteiger partial charge in [-0.1, -0.05) is 42.5 Å². The molecule has 2 amide bonds. The molecule has 0 aliphatic carbocycles. The minimum absolute atomic E-state index is 0.0808. The van der Waals surface area contributed by atoms with Gasteiger partial charge in [-0.2, -0.15) is 0 Å². The summed E-state index contributed by atoms with van der Waals surface area (Å²) in [6.45, 7) is 1.84. The standard InChI is InChI=1S/C26H26N2O5/c29-25(27-31)21-7-8-22-15-28(26(30)18-9-11-32-12-10-18)23(16-33-24(22)14-21)20-6-5-17-3-1-2-4-19(17)13-20/h1-8,13-14,18,23,31H,9-12,15-16H2,(H,27,29)/t23-/m0/s1. The molecule has 1 fully saturated rings. The van der Waals surface area contributed by atoms with Gasteiger partial charge < -0.3 is 14.4 Å². The Morgan fingerprint density at radius 2 is 1.76 bits per heavy atom. The molecule has 3 aromatic rings. The van der Waals surface area contributed by atoms with E-state index in [9.17, 15) is 9.59 Å². The van der Waals surface area contributed by atoms with Crippen molar-refractivity contribution in [1.29, 1.82) is 0 Å². The second-order valence-corrected chi connectivity index (χ2v) is 8.55. The van der Waals surface area contributed by atoms with Gasteiger partial charge in [0.05, 0.1) is 12.6 Å². The number of hydrogen-bond donors (Lipinski definition) is 2. The van der Waals surface area contributed by atoms with Gasteiger partial charge in [-0.05, 0) is 47.4 Å². The van der Waals surface area contributed by atoms with Crippen molar-refractivity contribution < 1.29 is 24.3 Å². The molecule has 0 saturated carbocycles. The van der Waals surface area contributed by atoms with Crippen LogP contribution in [0.5, 0.6) is 5.75 Å². The van der Waals surface area contributed by atoms with E-state index in [4.69, 9.17) is 14.7 Å². The topological polar surface area (TPSA) is 88.1 Å². The zero-order valence-electron chi connectivity index (χ0n) is 18.2. The Bertz CT molecular complexity index is 1190. The molecule has 2 aliphatic rings. The van der Waals surface area contributed by atoms with Crippen LogP contribution in [0.4, 0.5) is 0 Å². The zero-order valence-corrected chi connectivity index (χ0v) is 18.2. The Morgan fingerprint density at radius 3 is 2.55 bits per heavy atom. The molecule has 2 heterocycles. The third-order valence-corrected chi connectivity index (χ3v) is 6.56. The number of hydrogen-bond acceptors (Lipinski definition) is 5. The van der Waals surface area contributed by atoms with Crippen molar-refractivity contribution in [2.24, 2.45) is 5.92 Å². The molecule has 33 heavy (non-hydrogen) atoms. The van der Waals surface area contributed by atoms with Crippen LogP contribution in [0.25, 0.3) is 10.8 Å². The maximum atomic E-state index is 13.7. The maximum absolute atomic E-state index is 13.7. The summed E-state index contributed by atoms with van der Waals surface area (Å²) in [7, 11) is 0. The number of rotatable bonds is 3. The lowest BCUT2D eigenvalue weighted by atomic mass is 9.95. The molecule has 0 aromatic heterocycles. The van der Waals surface area contributed by atoms with Crippen molar-refractivity contribution in [2.45, 2.75) is 25.4 Å². The summed E-state index contributed by atoms with van der Waals surface area (Å²) < 4.78 is 11.6. The highest BCUT2D eigenvalue weighted by Gasteiger charge is 2.34. The Morgan fingerprint density at radius 1 is 0.970 bits per heavy atom. The van der Waals surface area contributed by atoms with Crippen LogP contribution in [-0.2, 0) is 16.1 Å². The van der Waals surface area contributed by atoms with E-state index in [2.05, 4.69) is 30.3 Å². The summed E-state index contributed by atoms with van der Waals surface area (Å²) in [6, 6.07) is 19.1. The fourth-order valence-corrected chi connectivity index (χ4v) is 4.68. The van der Waals surface area contributed by atoms with Gasteiger partial charge in [0.1, 0.15) is 12.4 Å². The molecule has 0 bridgehead atoms. The maximum Gasteiger partial charge on any atom is 0.274 e. The largest absolute Gasteiger partial charge is 0.491 e. The molecule has 2 N–H and O–H groups in total. The van der Waals surface area contributed by atoms with Crippen molar-refractivity contribution in [3.63, 3.8) is 0 Å². The van der Waals surface area contributed by atoms with E-state index in [1.54, 1.807) is 23.7 Å². The average molecular weight is 447 g/mol. The third-order valence-electron chi connectivity index (χ3n) is 6.56. The molecule has 7 heteroatoms. The average Bonchev–Trinajstić information content (AvgIpc) is 3.07. The number of nitrogens with one attached hydrogen (secondary N) is 1. The van der Waals surface area contributed by atoms with Crippen molar-refractivity contribution in [2.75, 3.05) is 19.8 Å². The molecule has 170 valence electrons. The number of nitrogens with zero attached hydrogens (tertiary/aromatic N) is 1. The minimum Gasteiger partial charge on any atom is -0.491 e. The smallest absolute Gasteiger partial charge is 0.274 e. The van der Waals surface area contributed by atoms with Crippen LogP contribution in [0, 0.1) is 5.92 Å². The van der Waals surface area contributed by atoms with Crippen LogP contribution in [0.1, 0.15) is 40.4 Å². The monoisotopic (exact) mass is 446 g/mol. The molecule has 2 aliphatic heterocycles. The second-order valence-electron chi connectivity index (χ2n) is 8.55. The first-order valence-corrected chi connectivity index (χ1v) is 11.2. The highest BCUT2D eigenvalue weighted by Crippen LogP contribution is 2.35. The van der Waals surface area contributed by atoms with Gasteiger partial charge in [0, 0.05) is 30.3 Å². The number of carbonyl (C=O) groups excluding carboxylic acids is 2. The number of hydroxylamine groups is 1. The van der Waals surface area contributed by atoms with Gasteiger partial charge in [-0.15, -0.1) is 0 Å². The van der Waals surface area contributed by atoms with Crippen molar-refractivity contribution in [3.05, 3.63) is 77.4 Å². The Balaban J connectivity index is 1.53. The molecule has 3 aromatic carbocycles. The van der Waals surface area contributed by atoms with E-state index >= 15 is 0 Å². The number of ether oxygens (including phenoxy) is 2. The van der Waals surface area contributed by atoms with Crippen molar-refractivity contribution in [1.82, 2.24) is 10.4 Å². The zero-order chi connectivity index (χ0) is 22.8. The Hall–Kier alpha value is -3.42. The minimum atomic E-state index is -0.605. The van der Waals surface area contributed by atoms with Crippen LogP contribution in [0.2, 0.25) is 0 Å². The van der Waals surface area contributed by atoms with Gasteiger partial charge in [0.2, 0.25) is 5.91 Å². The molecule has 0 radical (unpaired) electrons. The van der Waals surface area contributed by atoms with Gasteiger partial charge >= 0.3 is 0 Å². The molecule has 1 atom stereocenters. The van der Waals surface area contributed by atoms with E-state index in [0.29, 0.717) is 43.9 Å². The van der Waals surface area contributed by atoms with Crippen molar-refractivity contribution in [3.8, 4) is 5.75 Å². The van der Waals surface area contributed by atoms with Crippen LogP contribution >= 0.6 is 0 Å². The first-order chi connectivity index (χ1) is 16.1. The third kappa shape index (κ3) is 4.29.